The maximum absolute atomic E-state index is 13.5. The topological polar surface area (TPSA) is 49.8 Å². The zero-order valence-electron chi connectivity index (χ0n) is 18.2. The number of fused-ring (bicyclic) bond motifs is 2. The molecule has 0 aromatic heterocycles. The van der Waals surface area contributed by atoms with E-state index in [1.54, 1.807) is 0 Å². The Morgan fingerprint density at radius 1 is 0.967 bits per heavy atom. The third-order valence-electron chi connectivity index (χ3n) is 8.55. The van der Waals surface area contributed by atoms with Gasteiger partial charge in [0, 0.05) is 31.0 Å². The van der Waals surface area contributed by atoms with Gasteiger partial charge in [-0.3, -0.25) is 4.90 Å². The summed E-state index contributed by atoms with van der Waals surface area (Å²) < 4.78 is 6.22. The average Bonchev–Trinajstić information content (AvgIpc) is 3.52. The van der Waals surface area contributed by atoms with E-state index in [1.807, 2.05) is 30.3 Å². The molecule has 3 unspecified atom stereocenters. The fourth-order valence-electron chi connectivity index (χ4n) is 6.91. The molecule has 0 spiro atoms. The average molecular weight is 412 g/mol. The van der Waals surface area contributed by atoms with E-state index in [0.29, 0.717) is 17.5 Å². The van der Waals surface area contributed by atoms with Crippen LogP contribution in [0, 0.1) is 17.8 Å². The normalized spacial score (nSPS) is 32.4. The number of carbonyl (C=O) groups is 1. The van der Waals surface area contributed by atoms with Crippen molar-refractivity contribution in [1.29, 1.82) is 0 Å². The van der Waals surface area contributed by atoms with Crippen LogP contribution in [0.3, 0.4) is 0 Å². The quantitative estimate of drug-likeness (QED) is 0.692. The van der Waals surface area contributed by atoms with Crippen molar-refractivity contribution in [3.8, 4) is 0 Å². The Bertz CT molecular complexity index is 725. The first-order chi connectivity index (χ1) is 14.7. The van der Waals surface area contributed by atoms with Crippen LogP contribution < -0.4 is 0 Å². The van der Waals surface area contributed by atoms with E-state index in [-0.39, 0.29) is 12.0 Å². The zero-order chi connectivity index (χ0) is 20.6. The lowest BCUT2D eigenvalue weighted by Gasteiger charge is -2.35. The predicted molar refractivity (Wildman–Crippen MR) is 117 cm³/mol. The molecule has 4 aliphatic rings. The van der Waals surface area contributed by atoms with Gasteiger partial charge in [-0.2, -0.15) is 0 Å². The third-order valence-corrected chi connectivity index (χ3v) is 8.55. The highest BCUT2D eigenvalue weighted by Crippen LogP contribution is 2.45. The van der Waals surface area contributed by atoms with E-state index in [2.05, 4.69) is 4.90 Å². The summed E-state index contributed by atoms with van der Waals surface area (Å²) in [6.45, 7) is 2.23. The van der Waals surface area contributed by atoms with E-state index >= 15 is 0 Å². The summed E-state index contributed by atoms with van der Waals surface area (Å²) in [6.07, 6.45) is 13.0. The fourth-order valence-corrected chi connectivity index (χ4v) is 6.91. The van der Waals surface area contributed by atoms with Crippen molar-refractivity contribution in [2.45, 2.75) is 88.4 Å². The zero-order valence-corrected chi connectivity index (χ0v) is 18.2. The highest BCUT2D eigenvalue weighted by Gasteiger charge is 2.53. The smallest absolute Gasteiger partial charge is 0.343 e. The lowest BCUT2D eigenvalue weighted by Crippen LogP contribution is -2.46. The van der Waals surface area contributed by atoms with Crippen LogP contribution in [0.1, 0.15) is 76.2 Å². The van der Waals surface area contributed by atoms with Crippen molar-refractivity contribution in [3.63, 3.8) is 0 Å². The lowest BCUT2D eigenvalue weighted by atomic mass is 9.80. The SMILES string of the molecule is O=C(OC1C2CC[C@H]1N(CC1CCCCC1)C2)C(O)(c1ccccc1)C1CCCC1. The molecule has 2 bridgehead atoms. The van der Waals surface area contributed by atoms with Gasteiger partial charge in [-0.05, 0) is 50.0 Å². The van der Waals surface area contributed by atoms with Gasteiger partial charge in [-0.15, -0.1) is 0 Å². The van der Waals surface area contributed by atoms with Crippen LogP contribution in [0.4, 0.5) is 0 Å². The summed E-state index contributed by atoms with van der Waals surface area (Å²) >= 11 is 0. The number of likely N-dealkylation sites (tertiary alicyclic amines) is 1. The summed E-state index contributed by atoms with van der Waals surface area (Å²) in [5.74, 6) is 0.812. The first-order valence-corrected chi connectivity index (χ1v) is 12.4. The Balaban J connectivity index is 1.31. The molecule has 1 heterocycles. The van der Waals surface area contributed by atoms with Crippen LogP contribution >= 0.6 is 0 Å². The van der Waals surface area contributed by atoms with Crippen LogP contribution in [0.5, 0.6) is 0 Å². The number of ether oxygens (including phenoxy) is 1. The monoisotopic (exact) mass is 411 g/mol. The highest BCUT2D eigenvalue weighted by molar-refractivity contribution is 5.82. The second-order valence-corrected chi connectivity index (χ2v) is 10.3. The summed E-state index contributed by atoms with van der Waals surface area (Å²) in [7, 11) is 0. The predicted octanol–water partition coefficient (Wildman–Crippen LogP) is 4.65. The number of aliphatic hydroxyl groups is 1. The molecule has 4 nitrogen and oxygen atoms in total. The van der Waals surface area contributed by atoms with Gasteiger partial charge in [0.2, 0.25) is 0 Å². The Kier molecular flexibility index (Phi) is 5.90. The van der Waals surface area contributed by atoms with Crippen LogP contribution in [-0.2, 0) is 15.1 Å². The fraction of sp³-hybridized carbons (Fsp3) is 0.731. The van der Waals surface area contributed by atoms with Crippen LogP contribution in [0.2, 0.25) is 0 Å². The summed E-state index contributed by atoms with van der Waals surface area (Å²) in [5.41, 5.74) is -0.806. The minimum atomic E-state index is -1.51. The molecule has 3 aliphatic carbocycles. The van der Waals surface area contributed by atoms with Crippen molar-refractivity contribution in [2.24, 2.45) is 17.8 Å². The van der Waals surface area contributed by atoms with Gasteiger partial charge in [0.05, 0.1) is 0 Å². The number of carbonyl (C=O) groups excluding carboxylic acids is 1. The minimum absolute atomic E-state index is 0.0372. The highest BCUT2D eigenvalue weighted by atomic mass is 16.6. The van der Waals surface area contributed by atoms with Crippen LogP contribution in [0.25, 0.3) is 0 Å². The lowest BCUT2D eigenvalue weighted by molar-refractivity contribution is -0.181. The molecule has 1 saturated heterocycles. The summed E-state index contributed by atoms with van der Waals surface area (Å²) in [6, 6.07) is 9.88. The Morgan fingerprint density at radius 2 is 1.67 bits per heavy atom. The Labute approximate surface area is 181 Å². The van der Waals surface area contributed by atoms with Crippen molar-refractivity contribution < 1.29 is 14.6 Å². The molecule has 30 heavy (non-hydrogen) atoms. The standard InChI is InChI=1S/C26H37NO3/c28-25(26(29,22-13-7-8-14-22)21-11-5-2-6-12-21)30-24-20-15-16-23(24)27(18-20)17-19-9-3-1-4-10-19/h2,5-6,11-12,19-20,22-24,29H,1,3-4,7-10,13-18H2/t20?,23-,24?,26?/m1/s1. The van der Waals surface area contributed by atoms with Crippen LogP contribution in [-0.4, -0.2) is 41.2 Å². The van der Waals surface area contributed by atoms with Crippen molar-refractivity contribution in [3.05, 3.63) is 35.9 Å². The molecule has 4 atom stereocenters. The minimum Gasteiger partial charge on any atom is -0.458 e. The van der Waals surface area contributed by atoms with E-state index in [0.717, 1.165) is 51.0 Å². The maximum Gasteiger partial charge on any atom is 0.343 e. The number of rotatable bonds is 6. The van der Waals surface area contributed by atoms with Crippen molar-refractivity contribution in [2.75, 3.05) is 13.1 Å². The molecular formula is C26H37NO3. The largest absolute Gasteiger partial charge is 0.458 e. The number of hydrogen-bond acceptors (Lipinski definition) is 4. The molecule has 3 saturated carbocycles. The molecule has 1 N–H and O–H groups in total. The van der Waals surface area contributed by atoms with E-state index in [1.165, 1.54) is 38.6 Å². The number of piperidine rings is 1. The Morgan fingerprint density at radius 3 is 2.40 bits per heavy atom. The molecule has 0 radical (unpaired) electrons. The second-order valence-electron chi connectivity index (χ2n) is 10.3. The van der Waals surface area contributed by atoms with Gasteiger partial charge in [-0.25, -0.2) is 4.79 Å². The molecule has 1 aromatic rings. The number of nitrogens with zero attached hydrogens (tertiary/aromatic N) is 1. The Hall–Kier alpha value is -1.39. The third kappa shape index (κ3) is 3.71. The molecule has 164 valence electrons. The van der Waals surface area contributed by atoms with E-state index in [4.69, 9.17) is 4.74 Å². The van der Waals surface area contributed by atoms with Crippen LogP contribution in [0.15, 0.2) is 30.3 Å². The molecule has 4 heteroatoms. The van der Waals surface area contributed by atoms with Gasteiger partial charge in [0.1, 0.15) is 6.10 Å². The maximum atomic E-state index is 13.5. The summed E-state index contributed by atoms with van der Waals surface area (Å²) in [5, 5.41) is 11.7. The van der Waals surface area contributed by atoms with E-state index < -0.39 is 11.6 Å². The van der Waals surface area contributed by atoms with Gasteiger partial charge in [-0.1, -0.05) is 62.4 Å². The first kappa shape index (κ1) is 20.5. The first-order valence-electron chi connectivity index (χ1n) is 12.4. The second kappa shape index (κ2) is 8.63. The number of esters is 1. The summed E-state index contributed by atoms with van der Waals surface area (Å²) in [4.78, 5) is 16.1. The van der Waals surface area contributed by atoms with Gasteiger partial charge in [0.15, 0.2) is 5.60 Å². The molecular weight excluding hydrogens is 374 g/mol. The molecule has 1 aliphatic heterocycles. The number of hydrogen-bond donors (Lipinski definition) is 1. The molecule has 4 fully saturated rings. The van der Waals surface area contributed by atoms with Gasteiger partial charge < -0.3 is 9.84 Å². The van der Waals surface area contributed by atoms with Gasteiger partial charge in [0.25, 0.3) is 0 Å². The van der Waals surface area contributed by atoms with E-state index in [9.17, 15) is 9.90 Å². The van der Waals surface area contributed by atoms with Crippen molar-refractivity contribution in [1.82, 2.24) is 4.90 Å². The van der Waals surface area contributed by atoms with Gasteiger partial charge >= 0.3 is 5.97 Å². The molecule has 1 aromatic carbocycles. The molecule has 0 amide bonds. The number of benzene rings is 1. The molecule has 5 rings (SSSR count). The van der Waals surface area contributed by atoms with Crippen molar-refractivity contribution >= 4 is 5.97 Å².